The molecule has 0 spiro atoms. The standard InChI is InChI=1S/C18H18N2O3/c1-11(2)20-17(21)15(12(3)16(10-19)18(20)22)9-13-5-7-14(23-4)8-6-13/h5-9,11H,1-4H3/b15-9+. The molecule has 5 nitrogen and oxygen atoms in total. The number of benzene rings is 1. The maximum atomic E-state index is 12.6. The number of carbonyl (C=O) groups is 2. The Morgan fingerprint density at radius 1 is 1.17 bits per heavy atom. The Kier molecular flexibility index (Phi) is 4.65. The molecule has 2 rings (SSSR count). The fraction of sp³-hybridized carbons (Fsp3) is 0.278. The number of nitriles is 1. The lowest BCUT2D eigenvalue weighted by atomic mass is 9.93. The molecular weight excluding hydrogens is 292 g/mol. The topological polar surface area (TPSA) is 70.4 Å². The number of hydrogen-bond donors (Lipinski definition) is 0. The highest BCUT2D eigenvalue weighted by molar-refractivity contribution is 6.19. The fourth-order valence-electron chi connectivity index (χ4n) is 2.44. The van der Waals surface area contributed by atoms with Gasteiger partial charge in [0.25, 0.3) is 11.8 Å². The molecule has 1 heterocycles. The molecule has 0 unspecified atom stereocenters. The van der Waals surface area contributed by atoms with Gasteiger partial charge in [-0.25, -0.2) is 0 Å². The fourth-order valence-corrected chi connectivity index (χ4v) is 2.44. The predicted molar refractivity (Wildman–Crippen MR) is 86.3 cm³/mol. The van der Waals surface area contributed by atoms with Crippen LogP contribution in [0.3, 0.4) is 0 Å². The van der Waals surface area contributed by atoms with Crippen LogP contribution in [0.4, 0.5) is 0 Å². The third kappa shape index (κ3) is 3.02. The molecule has 0 saturated carbocycles. The second kappa shape index (κ2) is 6.49. The van der Waals surface area contributed by atoms with E-state index in [1.165, 1.54) is 0 Å². The van der Waals surface area contributed by atoms with Gasteiger partial charge in [-0.3, -0.25) is 14.5 Å². The summed E-state index contributed by atoms with van der Waals surface area (Å²) < 4.78 is 5.11. The van der Waals surface area contributed by atoms with Crippen LogP contribution < -0.4 is 4.74 Å². The first-order valence-electron chi connectivity index (χ1n) is 7.25. The number of methoxy groups -OCH3 is 1. The van der Waals surface area contributed by atoms with Crippen molar-refractivity contribution in [2.24, 2.45) is 0 Å². The molecule has 0 aromatic heterocycles. The maximum Gasteiger partial charge on any atom is 0.271 e. The van der Waals surface area contributed by atoms with Gasteiger partial charge in [-0.1, -0.05) is 12.1 Å². The minimum atomic E-state index is -0.531. The Hall–Kier alpha value is -2.87. The summed E-state index contributed by atoms with van der Waals surface area (Å²) >= 11 is 0. The van der Waals surface area contributed by atoms with Gasteiger partial charge in [-0.05, 0) is 50.1 Å². The molecule has 0 bridgehead atoms. The number of carbonyl (C=O) groups excluding carboxylic acids is 2. The molecule has 0 N–H and O–H groups in total. The van der Waals surface area contributed by atoms with E-state index in [4.69, 9.17) is 4.74 Å². The Morgan fingerprint density at radius 3 is 2.26 bits per heavy atom. The second-order valence-corrected chi connectivity index (χ2v) is 5.52. The Balaban J connectivity index is 2.56. The maximum absolute atomic E-state index is 12.6. The lowest BCUT2D eigenvalue weighted by Crippen LogP contribution is -2.46. The molecule has 1 aromatic rings. The van der Waals surface area contributed by atoms with Crippen molar-refractivity contribution >= 4 is 17.9 Å². The number of hydrogen-bond acceptors (Lipinski definition) is 4. The van der Waals surface area contributed by atoms with Crippen molar-refractivity contribution in [3.63, 3.8) is 0 Å². The first-order chi connectivity index (χ1) is 10.9. The van der Waals surface area contributed by atoms with Gasteiger partial charge in [-0.15, -0.1) is 0 Å². The molecule has 0 atom stereocenters. The van der Waals surface area contributed by atoms with E-state index in [-0.39, 0.29) is 17.5 Å². The minimum Gasteiger partial charge on any atom is -0.497 e. The highest BCUT2D eigenvalue weighted by Gasteiger charge is 2.36. The monoisotopic (exact) mass is 310 g/mol. The Morgan fingerprint density at radius 2 is 1.78 bits per heavy atom. The number of amides is 2. The van der Waals surface area contributed by atoms with Crippen LogP contribution >= 0.6 is 0 Å². The van der Waals surface area contributed by atoms with Crippen LogP contribution in [0.15, 0.2) is 41.0 Å². The summed E-state index contributed by atoms with van der Waals surface area (Å²) in [5.74, 6) is -0.194. The average molecular weight is 310 g/mol. The summed E-state index contributed by atoms with van der Waals surface area (Å²) in [5.41, 5.74) is 1.58. The van der Waals surface area contributed by atoms with Crippen LogP contribution in [0.5, 0.6) is 5.75 Å². The van der Waals surface area contributed by atoms with Gasteiger partial charge < -0.3 is 4.74 Å². The van der Waals surface area contributed by atoms with E-state index >= 15 is 0 Å². The van der Waals surface area contributed by atoms with Gasteiger partial charge >= 0.3 is 0 Å². The molecule has 0 saturated heterocycles. The van der Waals surface area contributed by atoms with Crippen LogP contribution in [0.1, 0.15) is 26.3 Å². The molecule has 2 amide bonds. The van der Waals surface area contributed by atoms with E-state index in [0.717, 1.165) is 10.5 Å². The molecule has 1 aliphatic rings. The first-order valence-corrected chi connectivity index (χ1v) is 7.25. The molecule has 0 fully saturated rings. The Bertz CT molecular complexity index is 749. The number of imide groups is 1. The predicted octanol–water partition coefficient (Wildman–Crippen LogP) is 2.70. The number of ether oxygens (including phenoxy) is 1. The lowest BCUT2D eigenvalue weighted by Gasteiger charge is -2.30. The molecule has 23 heavy (non-hydrogen) atoms. The van der Waals surface area contributed by atoms with Crippen molar-refractivity contribution in [3.05, 3.63) is 46.5 Å². The van der Waals surface area contributed by atoms with Crippen molar-refractivity contribution in [1.82, 2.24) is 4.90 Å². The summed E-state index contributed by atoms with van der Waals surface area (Å²) in [7, 11) is 1.58. The summed E-state index contributed by atoms with van der Waals surface area (Å²) in [6.07, 6.45) is 1.69. The van der Waals surface area contributed by atoms with Gasteiger partial charge in [0.05, 0.1) is 7.11 Å². The lowest BCUT2D eigenvalue weighted by molar-refractivity contribution is -0.142. The average Bonchev–Trinajstić information content (AvgIpc) is 2.52. The normalized spacial score (nSPS) is 17.0. The highest BCUT2D eigenvalue weighted by Crippen LogP contribution is 2.28. The van der Waals surface area contributed by atoms with Crippen molar-refractivity contribution in [1.29, 1.82) is 5.26 Å². The highest BCUT2D eigenvalue weighted by atomic mass is 16.5. The van der Waals surface area contributed by atoms with Gasteiger partial charge in [-0.2, -0.15) is 5.26 Å². The zero-order valence-electron chi connectivity index (χ0n) is 13.6. The molecule has 0 aliphatic carbocycles. The van der Waals surface area contributed by atoms with E-state index in [2.05, 4.69) is 0 Å². The quantitative estimate of drug-likeness (QED) is 0.636. The van der Waals surface area contributed by atoms with Gasteiger partial charge in [0.2, 0.25) is 0 Å². The smallest absolute Gasteiger partial charge is 0.271 e. The van der Waals surface area contributed by atoms with Crippen LogP contribution in [0.2, 0.25) is 0 Å². The summed E-state index contributed by atoms with van der Waals surface area (Å²) in [6.45, 7) is 5.12. The van der Waals surface area contributed by atoms with Crippen molar-refractivity contribution in [2.75, 3.05) is 7.11 Å². The van der Waals surface area contributed by atoms with E-state index in [1.54, 1.807) is 46.1 Å². The molecule has 1 aliphatic heterocycles. The van der Waals surface area contributed by atoms with Crippen LogP contribution in [0.25, 0.3) is 6.08 Å². The Labute approximate surface area is 135 Å². The van der Waals surface area contributed by atoms with Crippen LogP contribution in [0, 0.1) is 11.3 Å². The van der Waals surface area contributed by atoms with Gasteiger partial charge in [0, 0.05) is 11.6 Å². The largest absolute Gasteiger partial charge is 0.497 e. The van der Waals surface area contributed by atoms with Crippen molar-refractivity contribution in [3.8, 4) is 11.8 Å². The second-order valence-electron chi connectivity index (χ2n) is 5.52. The molecule has 5 heteroatoms. The number of nitrogens with zero attached hydrogens (tertiary/aromatic N) is 2. The van der Waals surface area contributed by atoms with Crippen molar-refractivity contribution < 1.29 is 14.3 Å². The molecular formula is C18H18N2O3. The summed E-state index contributed by atoms with van der Waals surface area (Å²) in [4.78, 5) is 26.1. The molecule has 1 aromatic carbocycles. The van der Waals surface area contributed by atoms with Gasteiger partial charge in [0.15, 0.2) is 0 Å². The van der Waals surface area contributed by atoms with E-state index in [0.29, 0.717) is 16.9 Å². The van der Waals surface area contributed by atoms with E-state index in [1.807, 2.05) is 18.2 Å². The van der Waals surface area contributed by atoms with Crippen LogP contribution in [-0.4, -0.2) is 29.9 Å². The summed E-state index contributed by atoms with van der Waals surface area (Å²) in [6, 6.07) is 8.81. The van der Waals surface area contributed by atoms with E-state index < -0.39 is 5.91 Å². The minimum absolute atomic E-state index is 0.0121. The third-order valence-electron chi connectivity index (χ3n) is 3.72. The van der Waals surface area contributed by atoms with Crippen molar-refractivity contribution in [2.45, 2.75) is 26.8 Å². The van der Waals surface area contributed by atoms with Crippen LogP contribution in [-0.2, 0) is 9.59 Å². The SMILES string of the molecule is COc1ccc(/C=C2/C(=O)N(C(C)C)C(=O)C(C#N)=C2C)cc1. The first kappa shape index (κ1) is 16.5. The third-order valence-corrected chi connectivity index (χ3v) is 3.72. The molecule has 118 valence electrons. The number of rotatable bonds is 3. The van der Waals surface area contributed by atoms with E-state index in [9.17, 15) is 14.9 Å². The van der Waals surface area contributed by atoms with Gasteiger partial charge in [0.1, 0.15) is 17.4 Å². The zero-order valence-corrected chi connectivity index (χ0v) is 13.6. The molecule has 0 radical (unpaired) electrons. The summed E-state index contributed by atoms with van der Waals surface area (Å²) in [5, 5.41) is 9.26. The zero-order chi connectivity index (χ0) is 17.1.